The van der Waals surface area contributed by atoms with Crippen LogP contribution in [0.25, 0.3) is 0 Å². The van der Waals surface area contributed by atoms with E-state index in [4.69, 9.17) is 0 Å². The van der Waals surface area contributed by atoms with E-state index in [0.29, 0.717) is 5.04 Å². The molecule has 0 aromatic rings. The highest BCUT2D eigenvalue weighted by Crippen LogP contribution is 2.36. The normalized spacial score (nSPS) is 14.0. The number of hydrogen-bond acceptors (Lipinski definition) is 2. The first kappa shape index (κ1) is 21.1. The van der Waals surface area contributed by atoms with Gasteiger partial charge in [-0.15, -0.1) is 0 Å². The first-order valence-electron chi connectivity index (χ1n) is 9.09. The van der Waals surface area contributed by atoms with E-state index in [2.05, 4.69) is 71.4 Å². The Labute approximate surface area is 136 Å². The molecule has 0 amide bonds. The molecule has 1 N–H and O–H groups in total. The van der Waals surface area contributed by atoms with Crippen LogP contribution in [0, 0.1) is 0 Å². The molecule has 0 aliphatic heterocycles. The van der Waals surface area contributed by atoms with Crippen LogP contribution in [-0.4, -0.2) is 38.3 Å². The van der Waals surface area contributed by atoms with Gasteiger partial charge in [0.1, 0.15) is 8.24 Å². The summed E-state index contributed by atoms with van der Waals surface area (Å²) in [4.78, 5) is 6.86. The quantitative estimate of drug-likeness (QED) is 0.553. The minimum Gasteiger partial charge on any atom is -0.331 e. The van der Waals surface area contributed by atoms with E-state index in [1.165, 1.54) is 45.3 Å². The Morgan fingerprint density at radius 3 is 1.57 bits per heavy atom. The van der Waals surface area contributed by atoms with Gasteiger partial charge in [0.2, 0.25) is 0 Å². The Morgan fingerprint density at radius 1 is 0.857 bits per heavy atom. The third-order valence-corrected chi connectivity index (χ3v) is 10.3. The number of nitrogens with one attached hydrogen (secondary N) is 1. The van der Waals surface area contributed by atoms with Crippen molar-refractivity contribution in [3.05, 3.63) is 0 Å². The number of hydrogen-bond donors (Lipinski definition) is 1. The van der Waals surface area contributed by atoms with Crippen molar-refractivity contribution in [2.75, 3.05) is 19.6 Å². The Morgan fingerprint density at radius 2 is 1.29 bits per heavy atom. The SMILES string of the molecule is CCCN(CCC)CC(CC)(CC)N[Si](C)(C)C(C)(C)C. The van der Waals surface area contributed by atoms with E-state index < -0.39 is 8.24 Å². The van der Waals surface area contributed by atoms with Crippen LogP contribution in [0.2, 0.25) is 18.1 Å². The van der Waals surface area contributed by atoms with Gasteiger partial charge in [-0.2, -0.15) is 0 Å². The second-order valence-corrected chi connectivity index (χ2v) is 13.3. The molecule has 0 aliphatic carbocycles. The van der Waals surface area contributed by atoms with Crippen molar-refractivity contribution >= 4 is 8.24 Å². The summed E-state index contributed by atoms with van der Waals surface area (Å²) in [5.41, 5.74) is 0.285. The van der Waals surface area contributed by atoms with E-state index >= 15 is 0 Å². The van der Waals surface area contributed by atoms with Crippen molar-refractivity contribution in [3.8, 4) is 0 Å². The second kappa shape index (κ2) is 8.69. The molecule has 0 rings (SSSR count). The lowest BCUT2D eigenvalue weighted by Crippen LogP contribution is -2.65. The molecule has 0 saturated heterocycles. The van der Waals surface area contributed by atoms with Crippen molar-refractivity contribution in [2.45, 2.75) is 97.8 Å². The maximum atomic E-state index is 4.19. The molecular formula is C18H42N2Si. The van der Waals surface area contributed by atoms with Gasteiger partial charge in [-0.25, -0.2) is 0 Å². The summed E-state index contributed by atoms with van der Waals surface area (Å²) in [6.45, 7) is 25.2. The summed E-state index contributed by atoms with van der Waals surface area (Å²) in [6, 6.07) is 0. The Hall–Kier alpha value is 0.137. The van der Waals surface area contributed by atoms with Crippen molar-refractivity contribution in [1.82, 2.24) is 9.88 Å². The lowest BCUT2D eigenvalue weighted by molar-refractivity contribution is 0.184. The zero-order chi connectivity index (χ0) is 16.7. The van der Waals surface area contributed by atoms with E-state index in [9.17, 15) is 0 Å². The molecule has 0 radical (unpaired) electrons. The molecule has 0 aliphatic rings. The molecule has 0 atom stereocenters. The highest BCUT2D eigenvalue weighted by molar-refractivity contribution is 6.77. The molecule has 0 bridgehead atoms. The standard InChI is InChI=1S/C18H42N2Si/c1-10-14-20(15-11-2)16-18(12-3,13-4)19-21(8,9)17(5,6)7/h19H,10-16H2,1-9H3. The summed E-state index contributed by atoms with van der Waals surface area (Å²) in [5, 5.41) is 0.392. The molecule has 0 fully saturated rings. The third-order valence-electron chi connectivity index (χ3n) is 5.41. The fourth-order valence-corrected chi connectivity index (χ4v) is 5.00. The lowest BCUT2D eigenvalue weighted by atomic mass is 9.93. The van der Waals surface area contributed by atoms with Gasteiger partial charge in [-0.3, -0.25) is 0 Å². The fourth-order valence-electron chi connectivity index (χ4n) is 2.87. The van der Waals surface area contributed by atoms with E-state index in [1.54, 1.807) is 0 Å². The van der Waals surface area contributed by atoms with Crippen molar-refractivity contribution in [3.63, 3.8) is 0 Å². The first-order chi connectivity index (χ1) is 9.57. The molecule has 0 spiro atoms. The molecule has 0 heterocycles. The zero-order valence-electron chi connectivity index (χ0n) is 16.4. The van der Waals surface area contributed by atoms with Crippen LogP contribution in [0.15, 0.2) is 0 Å². The molecule has 128 valence electrons. The van der Waals surface area contributed by atoms with Crippen molar-refractivity contribution < 1.29 is 0 Å². The van der Waals surface area contributed by atoms with Gasteiger partial charge in [0.05, 0.1) is 0 Å². The van der Waals surface area contributed by atoms with Gasteiger partial charge in [-0.1, -0.05) is 61.6 Å². The Kier molecular flexibility index (Phi) is 8.74. The van der Waals surface area contributed by atoms with Crippen LogP contribution < -0.4 is 4.98 Å². The fraction of sp³-hybridized carbons (Fsp3) is 1.00. The van der Waals surface area contributed by atoms with Gasteiger partial charge in [-0.05, 0) is 43.8 Å². The highest BCUT2D eigenvalue weighted by Gasteiger charge is 2.42. The molecule has 0 aromatic carbocycles. The summed E-state index contributed by atoms with van der Waals surface area (Å²) >= 11 is 0. The molecular weight excluding hydrogens is 272 g/mol. The number of rotatable bonds is 10. The maximum Gasteiger partial charge on any atom is 0.125 e. The topological polar surface area (TPSA) is 15.3 Å². The molecule has 0 aromatic heterocycles. The second-order valence-electron chi connectivity index (χ2n) is 8.26. The minimum atomic E-state index is -1.47. The summed E-state index contributed by atoms with van der Waals surface area (Å²) in [7, 11) is -1.47. The zero-order valence-corrected chi connectivity index (χ0v) is 17.4. The van der Waals surface area contributed by atoms with E-state index in [0.717, 1.165) is 0 Å². The van der Waals surface area contributed by atoms with Crippen LogP contribution in [0.4, 0.5) is 0 Å². The predicted molar refractivity (Wildman–Crippen MR) is 101 cm³/mol. The van der Waals surface area contributed by atoms with Gasteiger partial charge in [0, 0.05) is 12.1 Å². The predicted octanol–water partition coefficient (Wildman–Crippen LogP) is 5.26. The summed E-state index contributed by atoms with van der Waals surface area (Å²) in [6.07, 6.45) is 4.95. The van der Waals surface area contributed by atoms with Gasteiger partial charge in [0.25, 0.3) is 0 Å². The average Bonchev–Trinajstić information content (AvgIpc) is 2.36. The van der Waals surface area contributed by atoms with Crippen molar-refractivity contribution in [2.24, 2.45) is 0 Å². The van der Waals surface area contributed by atoms with Gasteiger partial charge < -0.3 is 9.88 Å². The van der Waals surface area contributed by atoms with Crippen LogP contribution in [0.3, 0.4) is 0 Å². The molecule has 3 heteroatoms. The summed E-state index contributed by atoms with van der Waals surface area (Å²) < 4.78 is 0. The lowest BCUT2D eigenvalue weighted by Gasteiger charge is -2.48. The Bertz CT molecular complexity index is 271. The average molecular weight is 315 g/mol. The van der Waals surface area contributed by atoms with Crippen LogP contribution in [0.5, 0.6) is 0 Å². The monoisotopic (exact) mass is 314 g/mol. The van der Waals surface area contributed by atoms with Crippen molar-refractivity contribution in [1.29, 1.82) is 0 Å². The van der Waals surface area contributed by atoms with Crippen LogP contribution >= 0.6 is 0 Å². The van der Waals surface area contributed by atoms with Crippen LogP contribution in [0.1, 0.15) is 74.1 Å². The van der Waals surface area contributed by atoms with Gasteiger partial charge >= 0.3 is 0 Å². The summed E-state index contributed by atoms with van der Waals surface area (Å²) in [5.74, 6) is 0. The van der Waals surface area contributed by atoms with E-state index in [1.807, 2.05) is 0 Å². The largest absolute Gasteiger partial charge is 0.331 e. The molecule has 2 nitrogen and oxygen atoms in total. The number of nitrogens with zero attached hydrogens (tertiary/aromatic N) is 1. The van der Waals surface area contributed by atoms with Crippen LogP contribution in [-0.2, 0) is 0 Å². The van der Waals surface area contributed by atoms with Gasteiger partial charge in [0.15, 0.2) is 0 Å². The molecule has 0 saturated carbocycles. The third kappa shape index (κ3) is 6.41. The maximum absolute atomic E-state index is 4.19. The minimum absolute atomic E-state index is 0.285. The van der Waals surface area contributed by atoms with E-state index in [-0.39, 0.29) is 5.54 Å². The molecule has 21 heavy (non-hydrogen) atoms. The Balaban J connectivity index is 5.14. The first-order valence-corrected chi connectivity index (χ1v) is 12.1. The smallest absolute Gasteiger partial charge is 0.125 e. The highest BCUT2D eigenvalue weighted by atomic mass is 28.3. The molecule has 0 unspecified atom stereocenters.